The average Bonchev–Trinajstić information content (AvgIpc) is 2.08. The van der Waals surface area contributed by atoms with Gasteiger partial charge in [-0.15, -0.1) is 0 Å². The maximum absolute atomic E-state index is 11.8. The Hall–Kier alpha value is -0.830. The number of rotatable bonds is 3. The van der Waals surface area contributed by atoms with Gasteiger partial charge < -0.3 is 4.74 Å². The fraction of sp³-hybridized carbons (Fsp3) is 0.222. The highest BCUT2D eigenvalue weighted by Crippen LogP contribution is 2.26. The Kier molecular flexibility index (Phi) is 3.48. The Bertz CT molecular complexity index is 289. The van der Waals surface area contributed by atoms with Crippen LogP contribution in [0.2, 0.25) is 5.02 Å². The number of hydrogen-bond acceptors (Lipinski definition) is 1. The summed E-state index contributed by atoms with van der Waals surface area (Å²) in [6.45, 7) is 0.796. The van der Waals surface area contributed by atoms with Gasteiger partial charge in [0.05, 0.1) is 5.02 Å². The van der Waals surface area contributed by atoms with Crippen LogP contribution in [-0.4, -0.2) is 6.61 Å². The first kappa shape index (κ1) is 10.3. The van der Waals surface area contributed by atoms with Crippen molar-refractivity contribution < 1.29 is 13.5 Å². The Labute approximate surface area is 80.3 Å². The first-order chi connectivity index (χ1) is 6.13. The average molecular weight is 206 g/mol. The van der Waals surface area contributed by atoms with E-state index in [2.05, 4.69) is 11.7 Å². The molecule has 0 saturated carbocycles. The van der Waals surface area contributed by atoms with Crippen LogP contribution in [0.25, 0.3) is 0 Å². The van der Waals surface area contributed by atoms with Crippen LogP contribution in [0.15, 0.2) is 18.2 Å². The van der Waals surface area contributed by atoms with Gasteiger partial charge in [-0.1, -0.05) is 17.7 Å². The number of halogens is 3. The second kappa shape index (κ2) is 4.42. The Morgan fingerprint density at radius 3 is 2.62 bits per heavy atom. The van der Waals surface area contributed by atoms with Gasteiger partial charge in [-0.05, 0) is 31.0 Å². The SMILES string of the molecule is [CH2]Cc1ccc(OC(F)F)c(Cl)c1. The molecule has 0 saturated heterocycles. The van der Waals surface area contributed by atoms with Gasteiger partial charge in [0.25, 0.3) is 0 Å². The van der Waals surface area contributed by atoms with E-state index in [0.29, 0.717) is 6.42 Å². The Morgan fingerprint density at radius 2 is 2.15 bits per heavy atom. The molecule has 0 bridgehead atoms. The number of benzene rings is 1. The summed E-state index contributed by atoms with van der Waals surface area (Å²) in [5.41, 5.74) is 0.881. The summed E-state index contributed by atoms with van der Waals surface area (Å²) < 4.78 is 27.7. The molecule has 1 aromatic rings. The van der Waals surface area contributed by atoms with Crippen molar-refractivity contribution >= 4 is 11.6 Å². The number of alkyl halides is 2. The van der Waals surface area contributed by atoms with Crippen molar-refractivity contribution in [3.63, 3.8) is 0 Å². The number of ether oxygens (including phenoxy) is 1. The number of hydrogen-bond donors (Lipinski definition) is 0. The molecule has 0 aliphatic rings. The predicted octanol–water partition coefficient (Wildman–Crippen LogP) is 3.32. The van der Waals surface area contributed by atoms with Crippen LogP contribution in [0, 0.1) is 6.92 Å². The van der Waals surface area contributed by atoms with Crippen molar-refractivity contribution in [1.29, 1.82) is 0 Å². The molecule has 1 nitrogen and oxygen atoms in total. The van der Waals surface area contributed by atoms with Gasteiger partial charge in [-0.2, -0.15) is 8.78 Å². The van der Waals surface area contributed by atoms with Crippen molar-refractivity contribution in [2.45, 2.75) is 13.0 Å². The van der Waals surface area contributed by atoms with Crippen molar-refractivity contribution in [1.82, 2.24) is 0 Å². The van der Waals surface area contributed by atoms with E-state index in [-0.39, 0.29) is 10.8 Å². The molecule has 1 rings (SSSR count). The van der Waals surface area contributed by atoms with E-state index in [0.717, 1.165) is 5.56 Å². The topological polar surface area (TPSA) is 9.23 Å². The summed E-state index contributed by atoms with van der Waals surface area (Å²) in [6, 6.07) is 4.62. The van der Waals surface area contributed by atoms with Gasteiger partial charge >= 0.3 is 6.61 Å². The standard InChI is InChI=1S/C9H8ClF2O/c1-2-6-3-4-8(7(10)5-6)13-9(11)12/h3-5,9H,1-2H2. The van der Waals surface area contributed by atoms with Gasteiger partial charge in [0.15, 0.2) is 0 Å². The van der Waals surface area contributed by atoms with Crippen molar-refractivity contribution in [2.24, 2.45) is 0 Å². The smallest absolute Gasteiger partial charge is 0.387 e. The lowest BCUT2D eigenvalue weighted by Gasteiger charge is -2.07. The lowest BCUT2D eigenvalue weighted by Crippen LogP contribution is -2.02. The highest BCUT2D eigenvalue weighted by Gasteiger charge is 2.08. The second-order valence-electron chi connectivity index (χ2n) is 2.39. The van der Waals surface area contributed by atoms with E-state index < -0.39 is 6.61 Å². The first-order valence-electron chi connectivity index (χ1n) is 3.66. The lowest BCUT2D eigenvalue weighted by atomic mass is 10.2. The molecule has 1 aromatic carbocycles. The molecule has 1 radical (unpaired) electrons. The summed E-state index contributed by atoms with van der Waals surface area (Å²) in [7, 11) is 0. The minimum absolute atomic E-state index is 0.00568. The quantitative estimate of drug-likeness (QED) is 0.736. The Morgan fingerprint density at radius 1 is 1.46 bits per heavy atom. The molecule has 0 spiro atoms. The van der Waals surface area contributed by atoms with Gasteiger partial charge in [-0.25, -0.2) is 0 Å². The van der Waals surface area contributed by atoms with Gasteiger partial charge in [0.1, 0.15) is 5.75 Å². The minimum atomic E-state index is -2.84. The molecule has 71 valence electrons. The predicted molar refractivity (Wildman–Crippen MR) is 47.1 cm³/mol. The molecule has 0 amide bonds. The molecular formula is C9H8ClF2O. The Balaban J connectivity index is 2.85. The summed E-state index contributed by atoms with van der Waals surface area (Å²) in [6.07, 6.45) is 0.564. The third-order valence-corrected chi connectivity index (χ3v) is 1.80. The molecule has 0 N–H and O–H groups in total. The minimum Gasteiger partial charge on any atom is -0.433 e. The van der Waals surface area contributed by atoms with Crippen molar-refractivity contribution in [3.05, 3.63) is 35.7 Å². The zero-order valence-corrected chi connectivity index (χ0v) is 7.52. The molecule has 0 atom stereocenters. The molecule has 0 aliphatic carbocycles. The monoisotopic (exact) mass is 205 g/mol. The van der Waals surface area contributed by atoms with Gasteiger partial charge in [0, 0.05) is 0 Å². The molecule has 0 aromatic heterocycles. The van der Waals surface area contributed by atoms with Crippen LogP contribution in [0.4, 0.5) is 8.78 Å². The van der Waals surface area contributed by atoms with E-state index >= 15 is 0 Å². The summed E-state index contributed by atoms with van der Waals surface area (Å²) >= 11 is 5.67. The van der Waals surface area contributed by atoms with Crippen LogP contribution >= 0.6 is 11.6 Å². The van der Waals surface area contributed by atoms with E-state index in [4.69, 9.17) is 11.6 Å². The van der Waals surface area contributed by atoms with Crippen LogP contribution in [0.3, 0.4) is 0 Å². The highest BCUT2D eigenvalue weighted by molar-refractivity contribution is 6.32. The van der Waals surface area contributed by atoms with Gasteiger partial charge in [0.2, 0.25) is 0 Å². The third kappa shape index (κ3) is 2.84. The zero-order chi connectivity index (χ0) is 9.84. The van der Waals surface area contributed by atoms with Crippen LogP contribution in [-0.2, 0) is 6.42 Å². The fourth-order valence-corrected chi connectivity index (χ4v) is 1.14. The molecule has 0 fully saturated rings. The molecule has 4 heteroatoms. The second-order valence-corrected chi connectivity index (χ2v) is 2.80. The molecule has 13 heavy (non-hydrogen) atoms. The highest BCUT2D eigenvalue weighted by atomic mass is 35.5. The summed E-state index contributed by atoms with van der Waals surface area (Å²) in [4.78, 5) is 0. The van der Waals surface area contributed by atoms with Gasteiger partial charge in [-0.3, -0.25) is 0 Å². The summed E-state index contributed by atoms with van der Waals surface area (Å²) in [5.74, 6) is -0.00568. The van der Waals surface area contributed by atoms with Crippen LogP contribution in [0.5, 0.6) is 5.75 Å². The van der Waals surface area contributed by atoms with E-state index in [9.17, 15) is 8.78 Å². The third-order valence-electron chi connectivity index (χ3n) is 1.50. The largest absolute Gasteiger partial charge is 0.433 e. The maximum atomic E-state index is 11.8. The molecule has 0 aliphatic heterocycles. The van der Waals surface area contributed by atoms with Crippen LogP contribution in [0.1, 0.15) is 5.56 Å². The fourth-order valence-electron chi connectivity index (χ4n) is 0.891. The molecular weight excluding hydrogens is 198 g/mol. The molecule has 0 unspecified atom stereocenters. The normalized spacial score (nSPS) is 10.5. The van der Waals surface area contributed by atoms with Crippen molar-refractivity contribution in [3.8, 4) is 5.75 Å². The lowest BCUT2D eigenvalue weighted by molar-refractivity contribution is -0.0497. The van der Waals surface area contributed by atoms with Crippen molar-refractivity contribution in [2.75, 3.05) is 0 Å². The van der Waals surface area contributed by atoms with E-state index in [1.54, 1.807) is 12.1 Å². The zero-order valence-electron chi connectivity index (χ0n) is 6.77. The van der Waals surface area contributed by atoms with E-state index in [1.807, 2.05) is 0 Å². The maximum Gasteiger partial charge on any atom is 0.387 e. The van der Waals surface area contributed by atoms with Crippen LogP contribution < -0.4 is 4.74 Å². The summed E-state index contributed by atoms with van der Waals surface area (Å²) in [5, 5.41) is 0.182. The first-order valence-corrected chi connectivity index (χ1v) is 4.03. The van der Waals surface area contributed by atoms with E-state index in [1.165, 1.54) is 6.07 Å². The molecule has 0 heterocycles.